The number of ether oxygens (including phenoxy) is 1. The van der Waals surface area contributed by atoms with Gasteiger partial charge in [0.1, 0.15) is 5.75 Å². The van der Waals surface area contributed by atoms with Crippen molar-refractivity contribution in [1.29, 1.82) is 0 Å². The summed E-state index contributed by atoms with van der Waals surface area (Å²) in [5, 5.41) is 0.527. The minimum atomic E-state index is -4.92. The summed E-state index contributed by atoms with van der Waals surface area (Å²) < 4.78 is 42.5. The van der Waals surface area contributed by atoms with E-state index in [1.165, 1.54) is 7.11 Å². The third-order valence-electron chi connectivity index (χ3n) is 2.08. The molecule has 1 nitrogen and oxygen atoms in total. The standard InChI is InChI=1S/C9H7BF3OS.K/c1-14-7-3-2-4-8-6(7)5-9(15-8)10(11,12)13;/h2-5H,1H3;/q-1;+1. The van der Waals surface area contributed by atoms with Gasteiger partial charge in [-0.15, -0.1) is 0 Å². The maximum Gasteiger partial charge on any atom is 1.00 e. The monoisotopic (exact) mass is 270 g/mol. The molecule has 0 fully saturated rings. The molecule has 0 amide bonds. The fraction of sp³-hybridized carbons (Fsp3) is 0.111. The second kappa shape index (κ2) is 5.41. The number of methoxy groups -OCH3 is 1. The van der Waals surface area contributed by atoms with Gasteiger partial charge in [-0.05, 0) is 12.1 Å². The van der Waals surface area contributed by atoms with Crippen LogP contribution in [0.5, 0.6) is 5.75 Å². The molecule has 7 heteroatoms. The van der Waals surface area contributed by atoms with Gasteiger partial charge in [-0.1, -0.05) is 16.9 Å². The molecule has 1 heterocycles. The second-order valence-corrected chi connectivity index (χ2v) is 4.21. The van der Waals surface area contributed by atoms with Crippen LogP contribution in [0.25, 0.3) is 10.1 Å². The normalized spacial score (nSPS) is 11.2. The van der Waals surface area contributed by atoms with E-state index in [0.717, 1.165) is 17.4 Å². The SMILES string of the molecule is COc1cccc2sc([B-](F)(F)F)cc12.[K+]. The Kier molecular flexibility index (Phi) is 4.91. The van der Waals surface area contributed by atoms with Crippen LogP contribution in [-0.2, 0) is 0 Å². The van der Waals surface area contributed by atoms with Gasteiger partial charge in [0.15, 0.2) is 0 Å². The van der Waals surface area contributed by atoms with Gasteiger partial charge in [-0.3, -0.25) is 0 Å². The Balaban J connectivity index is 0.00000128. The van der Waals surface area contributed by atoms with Crippen molar-refractivity contribution in [3.05, 3.63) is 24.3 Å². The summed E-state index contributed by atoms with van der Waals surface area (Å²) in [5.41, 5.74) is 0. The molecule has 0 unspecified atom stereocenters. The number of hydrogen-bond acceptors (Lipinski definition) is 2. The first kappa shape index (κ1) is 14.5. The molecular weight excluding hydrogens is 263 g/mol. The van der Waals surface area contributed by atoms with Crippen molar-refractivity contribution >= 4 is 33.2 Å². The Morgan fingerprint density at radius 1 is 1.25 bits per heavy atom. The first-order chi connectivity index (χ1) is 7.02. The predicted molar refractivity (Wildman–Crippen MR) is 57.1 cm³/mol. The summed E-state index contributed by atoms with van der Waals surface area (Å²) in [6.07, 6.45) is 0. The van der Waals surface area contributed by atoms with Gasteiger partial charge in [0.25, 0.3) is 0 Å². The summed E-state index contributed by atoms with van der Waals surface area (Å²) >= 11 is 0.757. The molecule has 0 aliphatic carbocycles. The first-order valence-electron chi connectivity index (χ1n) is 4.29. The number of fused-ring (bicyclic) bond motifs is 1. The zero-order valence-corrected chi connectivity index (χ0v) is 12.8. The van der Waals surface area contributed by atoms with E-state index in [9.17, 15) is 12.9 Å². The average Bonchev–Trinajstić information content (AvgIpc) is 2.59. The Morgan fingerprint density at radius 3 is 2.50 bits per heavy atom. The fourth-order valence-corrected chi connectivity index (χ4v) is 2.37. The quantitative estimate of drug-likeness (QED) is 0.696. The smallest absolute Gasteiger partial charge is 0.496 e. The van der Waals surface area contributed by atoms with Gasteiger partial charge in [-0.2, -0.15) is 11.3 Å². The molecule has 0 bridgehead atoms. The molecule has 2 rings (SSSR count). The van der Waals surface area contributed by atoms with Crippen LogP contribution < -0.4 is 60.9 Å². The number of rotatable bonds is 2. The fourth-order valence-electron chi connectivity index (χ4n) is 1.39. The first-order valence-corrected chi connectivity index (χ1v) is 5.10. The van der Waals surface area contributed by atoms with Crippen LogP contribution in [0.1, 0.15) is 0 Å². The van der Waals surface area contributed by atoms with Crippen LogP contribution in [0.15, 0.2) is 24.3 Å². The molecule has 2 aromatic rings. The van der Waals surface area contributed by atoms with E-state index in [1.807, 2.05) is 0 Å². The maximum atomic E-state index is 12.5. The summed E-state index contributed by atoms with van der Waals surface area (Å²) in [6, 6.07) is 6.15. The largest absolute Gasteiger partial charge is 1.00 e. The van der Waals surface area contributed by atoms with Crippen LogP contribution in [-0.4, -0.2) is 14.1 Å². The van der Waals surface area contributed by atoms with Crippen LogP contribution >= 0.6 is 11.3 Å². The van der Waals surface area contributed by atoms with Gasteiger partial charge in [-0.25, -0.2) is 0 Å². The van der Waals surface area contributed by atoms with Gasteiger partial charge >= 0.3 is 58.4 Å². The molecule has 1 aromatic carbocycles. The summed E-state index contributed by atoms with van der Waals surface area (Å²) in [6.45, 7) is -4.92. The number of benzene rings is 1. The van der Waals surface area contributed by atoms with Crippen molar-refractivity contribution in [2.45, 2.75) is 0 Å². The van der Waals surface area contributed by atoms with E-state index in [-0.39, 0.29) is 51.4 Å². The number of halogens is 3. The van der Waals surface area contributed by atoms with Gasteiger partial charge < -0.3 is 17.7 Å². The van der Waals surface area contributed by atoms with Crippen molar-refractivity contribution < 1.29 is 69.1 Å². The van der Waals surface area contributed by atoms with E-state index in [1.54, 1.807) is 18.2 Å². The van der Waals surface area contributed by atoms with Crippen LogP contribution in [0.3, 0.4) is 0 Å². The minimum absolute atomic E-state index is 0. The summed E-state index contributed by atoms with van der Waals surface area (Å²) in [4.78, 5) is 0. The zero-order chi connectivity index (χ0) is 11.1. The molecule has 0 aliphatic rings. The maximum absolute atomic E-state index is 12.5. The third-order valence-corrected chi connectivity index (χ3v) is 3.28. The Bertz CT molecular complexity index is 497. The average molecular weight is 270 g/mol. The predicted octanol–water partition coefficient (Wildman–Crippen LogP) is -0.0317. The van der Waals surface area contributed by atoms with E-state index in [4.69, 9.17) is 4.74 Å². The second-order valence-electron chi connectivity index (χ2n) is 3.10. The van der Waals surface area contributed by atoms with Crippen LogP contribution in [0, 0.1) is 0 Å². The number of thiophene rings is 1. The van der Waals surface area contributed by atoms with Crippen molar-refractivity contribution in [2.24, 2.45) is 0 Å². The topological polar surface area (TPSA) is 9.23 Å². The van der Waals surface area contributed by atoms with E-state index >= 15 is 0 Å². The molecule has 0 radical (unpaired) electrons. The molecule has 0 saturated heterocycles. The third kappa shape index (κ3) is 2.83. The molecule has 16 heavy (non-hydrogen) atoms. The molecule has 0 spiro atoms. The van der Waals surface area contributed by atoms with Crippen molar-refractivity contribution in [1.82, 2.24) is 0 Å². The summed E-state index contributed by atoms with van der Waals surface area (Å²) in [5.74, 6) is 0.482. The van der Waals surface area contributed by atoms with Gasteiger partial charge in [0.2, 0.25) is 0 Å². The molecule has 0 aliphatic heterocycles. The van der Waals surface area contributed by atoms with Crippen molar-refractivity contribution in [2.75, 3.05) is 7.11 Å². The molecule has 0 saturated carbocycles. The van der Waals surface area contributed by atoms with E-state index in [2.05, 4.69) is 0 Å². The minimum Gasteiger partial charge on any atom is -0.496 e. The van der Waals surface area contributed by atoms with Crippen LogP contribution in [0.2, 0.25) is 0 Å². The molecule has 0 N–H and O–H groups in total. The molecular formula is C9H7BF3KOS. The van der Waals surface area contributed by atoms with E-state index in [0.29, 0.717) is 15.8 Å². The van der Waals surface area contributed by atoms with E-state index < -0.39 is 11.8 Å². The molecule has 0 atom stereocenters. The Labute approximate surface area is 137 Å². The zero-order valence-electron chi connectivity index (χ0n) is 8.84. The Hall–Kier alpha value is 0.471. The molecule has 1 aromatic heterocycles. The summed E-state index contributed by atoms with van der Waals surface area (Å²) in [7, 11) is 1.45. The van der Waals surface area contributed by atoms with Gasteiger partial charge in [0.05, 0.1) is 7.11 Å². The van der Waals surface area contributed by atoms with Gasteiger partial charge in [0, 0.05) is 10.1 Å². The van der Waals surface area contributed by atoms with Crippen molar-refractivity contribution in [3.63, 3.8) is 0 Å². The number of hydrogen-bond donors (Lipinski definition) is 0. The Morgan fingerprint density at radius 2 is 1.94 bits per heavy atom. The molecule has 80 valence electrons. The van der Waals surface area contributed by atoms with Crippen LogP contribution in [0.4, 0.5) is 12.9 Å². The van der Waals surface area contributed by atoms with Crippen molar-refractivity contribution in [3.8, 4) is 5.75 Å².